The Hall–Kier alpha value is -0.200. The Labute approximate surface area is 124 Å². The molecule has 0 aliphatic carbocycles. The van der Waals surface area contributed by atoms with Gasteiger partial charge in [0.05, 0.1) is 25.9 Å². The Bertz CT molecular complexity index is 223. The van der Waals surface area contributed by atoms with Crippen molar-refractivity contribution >= 4 is 0 Å². The molecular formula is C15H34N2O3. The van der Waals surface area contributed by atoms with Gasteiger partial charge < -0.3 is 24.8 Å². The van der Waals surface area contributed by atoms with Crippen LogP contribution < -0.4 is 5.32 Å². The average molecular weight is 290 g/mol. The Balaban J connectivity index is 3.44. The number of likely N-dealkylation sites (N-methyl/N-ethyl adjacent to an activating group) is 1. The van der Waals surface area contributed by atoms with Gasteiger partial charge in [0.25, 0.3) is 0 Å². The smallest absolute Gasteiger partial charge is 0.0897 e. The zero-order chi connectivity index (χ0) is 15.4. The minimum atomic E-state index is -0.469. The third kappa shape index (κ3) is 10.6. The van der Waals surface area contributed by atoms with Crippen LogP contribution in [0.4, 0.5) is 0 Å². The molecule has 0 aromatic rings. The summed E-state index contributed by atoms with van der Waals surface area (Å²) in [6, 6.07) is 0. The van der Waals surface area contributed by atoms with Crippen molar-refractivity contribution in [3.05, 3.63) is 0 Å². The summed E-state index contributed by atoms with van der Waals surface area (Å²) < 4.78 is 10.8. The molecule has 5 heteroatoms. The summed E-state index contributed by atoms with van der Waals surface area (Å²) in [7, 11) is 4.11. The largest absolute Gasteiger partial charge is 0.389 e. The van der Waals surface area contributed by atoms with Crippen molar-refractivity contribution in [2.45, 2.75) is 45.3 Å². The number of ether oxygens (including phenoxy) is 2. The van der Waals surface area contributed by atoms with Gasteiger partial charge in [-0.05, 0) is 34.4 Å². The van der Waals surface area contributed by atoms with E-state index in [9.17, 15) is 5.11 Å². The van der Waals surface area contributed by atoms with Crippen molar-refractivity contribution in [2.24, 2.45) is 0 Å². The van der Waals surface area contributed by atoms with Crippen LogP contribution in [0.3, 0.4) is 0 Å². The maximum absolute atomic E-state index is 9.78. The molecule has 0 rings (SSSR count). The quantitative estimate of drug-likeness (QED) is 0.498. The average Bonchev–Trinajstić information content (AvgIpc) is 2.37. The number of aliphatic hydroxyl groups excluding tert-OH is 1. The van der Waals surface area contributed by atoms with E-state index < -0.39 is 6.10 Å². The molecular weight excluding hydrogens is 256 g/mol. The molecule has 0 saturated heterocycles. The number of nitrogens with one attached hydrogen (secondary N) is 1. The maximum Gasteiger partial charge on any atom is 0.0897 e. The van der Waals surface area contributed by atoms with Gasteiger partial charge in [-0.15, -0.1) is 0 Å². The molecule has 0 spiro atoms. The normalized spacial score (nSPS) is 13.9. The van der Waals surface area contributed by atoms with Gasteiger partial charge in [0.1, 0.15) is 0 Å². The number of rotatable bonds is 13. The van der Waals surface area contributed by atoms with E-state index in [-0.39, 0.29) is 5.54 Å². The van der Waals surface area contributed by atoms with Crippen LogP contribution in [0.25, 0.3) is 0 Å². The summed E-state index contributed by atoms with van der Waals surface area (Å²) in [6.45, 7) is 10.1. The van der Waals surface area contributed by atoms with E-state index in [2.05, 4.69) is 45.1 Å². The lowest BCUT2D eigenvalue weighted by atomic mass is 10.0. The van der Waals surface area contributed by atoms with Gasteiger partial charge in [0, 0.05) is 25.2 Å². The summed E-state index contributed by atoms with van der Waals surface area (Å²) >= 11 is 0. The van der Waals surface area contributed by atoms with E-state index in [4.69, 9.17) is 9.47 Å². The lowest BCUT2D eigenvalue weighted by Crippen LogP contribution is -2.48. The fourth-order valence-electron chi connectivity index (χ4n) is 1.45. The van der Waals surface area contributed by atoms with E-state index in [0.29, 0.717) is 26.4 Å². The molecule has 0 aromatic heterocycles. The number of hydrogen-bond acceptors (Lipinski definition) is 5. The van der Waals surface area contributed by atoms with Crippen LogP contribution in [-0.4, -0.2) is 75.3 Å². The highest BCUT2D eigenvalue weighted by Crippen LogP contribution is 2.07. The van der Waals surface area contributed by atoms with E-state index in [1.807, 2.05) is 0 Å². The van der Waals surface area contributed by atoms with Crippen LogP contribution in [0, 0.1) is 0 Å². The molecule has 0 radical (unpaired) electrons. The first kappa shape index (κ1) is 19.8. The summed E-state index contributed by atoms with van der Waals surface area (Å²) in [5.74, 6) is 0. The van der Waals surface area contributed by atoms with Crippen molar-refractivity contribution in [1.29, 1.82) is 0 Å². The molecule has 20 heavy (non-hydrogen) atoms. The van der Waals surface area contributed by atoms with Crippen LogP contribution in [0.2, 0.25) is 0 Å². The number of aliphatic hydroxyl groups is 1. The van der Waals surface area contributed by atoms with E-state index in [0.717, 1.165) is 26.0 Å². The Morgan fingerprint density at radius 2 is 1.80 bits per heavy atom. The van der Waals surface area contributed by atoms with Gasteiger partial charge in [0.15, 0.2) is 0 Å². The molecule has 0 aliphatic heterocycles. The molecule has 1 atom stereocenters. The first-order valence-corrected chi connectivity index (χ1v) is 7.62. The highest BCUT2D eigenvalue weighted by Gasteiger charge is 2.19. The lowest BCUT2D eigenvalue weighted by molar-refractivity contribution is 0.00316. The molecule has 0 fully saturated rings. The van der Waals surface area contributed by atoms with Gasteiger partial charge in [-0.1, -0.05) is 13.3 Å². The molecule has 0 heterocycles. The summed E-state index contributed by atoms with van der Waals surface area (Å²) in [6.07, 6.45) is 1.77. The highest BCUT2D eigenvalue weighted by molar-refractivity contribution is 4.80. The zero-order valence-electron chi connectivity index (χ0n) is 13.9. The SMILES string of the molecule is CCCCOCCOCC(O)CNCC(C)(C)N(C)C. The lowest BCUT2D eigenvalue weighted by Gasteiger charge is -2.33. The van der Waals surface area contributed by atoms with Crippen LogP contribution >= 0.6 is 0 Å². The monoisotopic (exact) mass is 290 g/mol. The molecule has 0 aliphatic rings. The van der Waals surface area contributed by atoms with Gasteiger partial charge in [-0.25, -0.2) is 0 Å². The predicted molar refractivity (Wildman–Crippen MR) is 83.2 cm³/mol. The highest BCUT2D eigenvalue weighted by atomic mass is 16.5. The minimum absolute atomic E-state index is 0.0771. The molecule has 0 bridgehead atoms. The molecule has 122 valence electrons. The zero-order valence-corrected chi connectivity index (χ0v) is 13.9. The standard InChI is InChI=1S/C15H34N2O3/c1-6-7-8-19-9-10-20-12-14(18)11-16-13-15(2,3)17(4)5/h14,16,18H,6-13H2,1-5H3. The molecule has 0 aromatic carbocycles. The van der Waals surface area contributed by atoms with Gasteiger partial charge in [0.2, 0.25) is 0 Å². The third-order valence-corrected chi connectivity index (χ3v) is 3.47. The van der Waals surface area contributed by atoms with E-state index in [1.54, 1.807) is 0 Å². The van der Waals surface area contributed by atoms with Crippen LogP contribution in [0.1, 0.15) is 33.6 Å². The summed E-state index contributed by atoms with van der Waals surface area (Å²) in [5.41, 5.74) is 0.0771. The van der Waals surface area contributed by atoms with Gasteiger partial charge >= 0.3 is 0 Å². The summed E-state index contributed by atoms with van der Waals surface area (Å²) in [4.78, 5) is 2.16. The van der Waals surface area contributed by atoms with E-state index >= 15 is 0 Å². The second-order valence-electron chi connectivity index (χ2n) is 6.03. The van der Waals surface area contributed by atoms with Crippen molar-refractivity contribution < 1.29 is 14.6 Å². The second-order valence-corrected chi connectivity index (χ2v) is 6.03. The van der Waals surface area contributed by atoms with Crippen molar-refractivity contribution in [2.75, 3.05) is 53.6 Å². The Morgan fingerprint density at radius 1 is 1.15 bits per heavy atom. The van der Waals surface area contributed by atoms with Crippen molar-refractivity contribution in [3.63, 3.8) is 0 Å². The van der Waals surface area contributed by atoms with Gasteiger partial charge in [-0.2, -0.15) is 0 Å². The summed E-state index contributed by atoms with van der Waals surface area (Å²) in [5, 5.41) is 13.1. The molecule has 5 nitrogen and oxygen atoms in total. The van der Waals surface area contributed by atoms with Crippen molar-refractivity contribution in [3.8, 4) is 0 Å². The number of nitrogens with zero attached hydrogens (tertiary/aromatic N) is 1. The van der Waals surface area contributed by atoms with Crippen LogP contribution in [0.5, 0.6) is 0 Å². The maximum atomic E-state index is 9.78. The van der Waals surface area contributed by atoms with Crippen LogP contribution in [-0.2, 0) is 9.47 Å². The number of hydrogen-bond donors (Lipinski definition) is 2. The fourth-order valence-corrected chi connectivity index (χ4v) is 1.45. The number of unbranched alkanes of at least 4 members (excludes halogenated alkanes) is 1. The minimum Gasteiger partial charge on any atom is -0.389 e. The first-order valence-electron chi connectivity index (χ1n) is 7.62. The first-order chi connectivity index (χ1) is 9.40. The molecule has 2 N–H and O–H groups in total. The second kappa shape index (κ2) is 11.5. The molecule has 1 unspecified atom stereocenters. The van der Waals surface area contributed by atoms with E-state index in [1.165, 1.54) is 0 Å². The van der Waals surface area contributed by atoms with Crippen LogP contribution in [0.15, 0.2) is 0 Å². The molecule has 0 saturated carbocycles. The van der Waals surface area contributed by atoms with Crippen molar-refractivity contribution in [1.82, 2.24) is 10.2 Å². The Kier molecular flexibility index (Phi) is 11.3. The van der Waals surface area contributed by atoms with Gasteiger partial charge in [-0.3, -0.25) is 0 Å². The molecule has 0 amide bonds. The predicted octanol–water partition coefficient (Wildman–Crippen LogP) is 1.11. The topological polar surface area (TPSA) is 54.0 Å². The third-order valence-electron chi connectivity index (χ3n) is 3.47. The fraction of sp³-hybridized carbons (Fsp3) is 1.00. The Morgan fingerprint density at radius 3 is 2.40 bits per heavy atom.